The van der Waals surface area contributed by atoms with Crippen molar-refractivity contribution in [3.05, 3.63) is 46.7 Å². The molecule has 0 amide bonds. The van der Waals surface area contributed by atoms with Gasteiger partial charge in [0.2, 0.25) is 0 Å². The highest BCUT2D eigenvalue weighted by atomic mass is 35.5. The fourth-order valence-electron chi connectivity index (χ4n) is 1.74. The fraction of sp³-hybridized carbons (Fsp3) is 0.154. The quantitative estimate of drug-likeness (QED) is 0.674. The molecule has 20 heavy (non-hydrogen) atoms. The molecule has 3 N–H and O–H groups in total. The molecule has 1 aromatic heterocycles. The minimum atomic E-state index is -3.77. The van der Waals surface area contributed by atoms with Crippen molar-refractivity contribution >= 4 is 33.0 Å². The highest BCUT2D eigenvalue weighted by Gasteiger charge is 2.19. The van der Waals surface area contributed by atoms with Gasteiger partial charge in [0.05, 0.1) is 10.6 Å². The Balaban J connectivity index is 2.49. The second-order valence-electron chi connectivity index (χ2n) is 4.42. The van der Waals surface area contributed by atoms with E-state index in [1.54, 1.807) is 32.0 Å². The molecule has 0 bridgehead atoms. The summed E-state index contributed by atoms with van der Waals surface area (Å²) in [5.41, 5.74) is 7.59. The zero-order valence-electron chi connectivity index (χ0n) is 11.0. The van der Waals surface area contributed by atoms with Crippen LogP contribution in [0, 0.1) is 13.8 Å². The third-order valence-corrected chi connectivity index (χ3v) is 4.63. The van der Waals surface area contributed by atoms with E-state index in [4.69, 9.17) is 17.3 Å². The lowest BCUT2D eigenvalue weighted by Crippen LogP contribution is -2.16. The smallest absolute Gasteiger partial charge is 0.262 e. The Kier molecular flexibility index (Phi) is 3.87. The number of hydrogen-bond donors (Lipinski definition) is 2. The maximum Gasteiger partial charge on any atom is 0.262 e. The zero-order chi connectivity index (χ0) is 14.9. The van der Waals surface area contributed by atoms with Crippen LogP contribution >= 0.6 is 11.6 Å². The molecule has 0 spiro atoms. The summed E-state index contributed by atoms with van der Waals surface area (Å²) in [7, 11) is -3.77. The Bertz CT molecular complexity index is 740. The molecule has 0 atom stereocenters. The molecule has 0 unspecified atom stereocenters. The lowest BCUT2D eigenvalue weighted by Gasteiger charge is -2.13. The summed E-state index contributed by atoms with van der Waals surface area (Å²) >= 11 is 5.93. The first-order valence-corrected chi connectivity index (χ1v) is 7.67. The molecule has 0 aliphatic heterocycles. The molecule has 0 aliphatic rings. The van der Waals surface area contributed by atoms with Crippen LogP contribution in [0.15, 0.2) is 35.4 Å². The molecule has 0 aliphatic carbocycles. The number of aryl methyl sites for hydroxylation is 2. The van der Waals surface area contributed by atoms with Crippen molar-refractivity contribution in [2.75, 3.05) is 10.5 Å². The predicted octanol–water partition coefficient (Wildman–Crippen LogP) is 2.73. The minimum absolute atomic E-state index is 0.107. The van der Waals surface area contributed by atoms with Crippen molar-refractivity contribution in [3.63, 3.8) is 0 Å². The van der Waals surface area contributed by atoms with Crippen LogP contribution in [-0.4, -0.2) is 13.4 Å². The molecule has 2 aromatic rings. The van der Waals surface area contributed by atoms with E-state index in [9.17, 15) is 8.42 Å². The van der Waals surface area contributed by atoms with Crippen LogP contribution in [0.5, 0.6) is 0 Å². The summed E-state index contributed by atoms with van der Waals surface area (Å²) in [6, 6.07) is 6.39. The highest BCUT2D eigenvalue weighted by Crippen LogP contribution is 2.27. The van der Waals surface area contributed by atoms with Gasteiger partial charge in [-0.1, -0.05) is 17.7 Å². The van der Waals surface area contributed by atoms with E-state index in [1.807, 2.05) is 0 Å². The lowest BCUT2D eigenvalue weighted by atomic mass is 10.2. The van der Waals surface area contributed by atoms with Gasteiger partial charge in [-0.3, -0.25) is 4.72 Å². The number of nitrogens with one attached hydrogen (secondary N) is 1. The maximum absolute atomic E-state index is 12.4. The number of anilines is 2. The number of hydrogen-bond acceptors (Lipinski definition) is 4. The van der Waals surface area contributed by atoms with Crippen LogP contribution in [-0.2, 0) is 10.0 Å². The summed E-state index contributed by atoms with van der Waals surface area (Å²) in [6.45, 7) is 3.45. The first kappa shape index (κ1) is 14.6. The van der Waals surface area contributed by atoms with Crippen LogP contribution in [0.4, 0.5) is 11.4 Å². The molecule has 1 heterocycles. The van der Waals surface area contributed by atoms with Crippen molar-refractivity contribution in [1.29, 1.82) is 0 Å². The Morgan fingerprint density at radius 3 is 2.55 bits per heavy atom. The van der Waals surface area contributed by atoms with E-state index in [2.05, 4.69) is 9.71 Å². The van der Waals surface area contributed by atoms with Crippen molar-refractivity contribution in [1.82, 2.24) is 4.98 Å². The lowest BCUT2D eigenvalue weighted by molar-refractivity contribution is 0.600. The first-order chi connectivity index (χ1) is 9.31. The number of nitrogens with zero attached hydrogens (tertiary/aromatic N) is 1. The molecule has 7 heteroatoms. The van der Waals surface area contributed by atoms with Gasteiger partial charge < -0.3 is 5.73 Å². The number of rotatable bonds is 3. The Morgan fingerprint density at radius 1 is 1.20 bits per heavy atom. The average Bonchev–Trinajstić information content (AvgIpc) is 2.37. The van der Waals surface area contributed by atoms with E-state index >= 15 is 0 Å². The van der Waals surface area contributed by atoms with Gasteiger partial charge in [0.25, 0.3) is 10.0 Å². The van der Waals surface area contributed by atoms with Gasteiger partial charge >= 0.3 is 0 Å². The standard InChI is InChI=1S/C13H14ClN3O2S/c1-8-3-4-10(15)7-11(8)20(18,19)17-12-9(2)5-6-16-13(12)14/h3-7,17H,15H2,1-2H3. The van der Waals surface area contributed by atoms with Gasteiger partial charge in [-0.15, -0.1) is 0 Å². The van der Waals surface area contributed by atoms with Gasteiger partial charge in [-0.05, 0) is 43.2 Å². The maximum atomic E-state index is 12.4. The van der Waals surface area contributed by atoms with Crippen LogP contribution in [0.1, 0.15) is 11.1 Å². The summed E-state index contributed by atoms with van der Waals surface area (Å²) in [5.74, 6) is 0. The van der Waals surface area contributed by atoms with E-state index < -0.39 is 10.0 Å². The van der Waals surface area contributed by atoms with Crippen molar-refractivity contribution < 1.29 is 8.42 Å². The van der Waals surface area contributed by atoms with E-state index in [0.29, 0.717) is 16.8 Å². The molecule has 0 radical (unpaired) electrons. The van der Waals surface area contributed by atoms with Crippen molar-refractivity contribution in [2.24, 2.45) is 0 Å². The summed E-state index contributed by atoms with van der Waals surface area (Å²) in [6.07, 6.45) is 1.52. The number of nitrogen functional groups attached to an aromatic ring is 1. The first-order valence-electron chi connectivity index (χ1n) is 5.81. The van der Waals surface area contributed by atoms with Gasteiger partial charge in [-0.25, -0.2) is 13.4 Å². The molecular formula is C13H14ClN3O2S. The number of sulfonamides is 1. The number of benzene rings is 1. The number of pyridine rings is 1. The summed E-state index contributed by atoms with van der Waals surface area (Å²) in [5, 5.41) is 0.107. The van der Waals surface area contributed by atoms with E-state index in [1.165, 1.54) is 12.3 Å². The molecular weight excluding hydrogens is 298 g/mol. The number of halogens is 1. The Labute approximate surface area is 122 Å². The number of nitrogens with two attached hydrogens (primary N) is 1. The molecule has 5 nitrogen and oxygen atoms in total. The van der Waals surface area contributed by atoms with Crippen LogP contribution in [0.3, 0.4) is 0 Å². The zero-order valence-corrected chi connectivity index (χ0v) is 12.6. The molecule has 2 rings (SSSR count). The third kappa shape index (κ3) is 2.86. The fourth-order valence-corrected chi connectivity index (χ4v) is 3.47. The van der Waals surface area contributed by atoms with E-state index in [-0.39, 0.29) is 15.7 Å². The molecule has 106 valence electrons. The van der Waals surface area contributed by atoms with Gasteiger partial charge in [-0.2, -0.15) is 0 Å². The van der Waals surface area contributed by atoms with E-state index in [0.717, 1.165) is 0 Å². The SMILES string of the molecule is Cc1ccc(N)cc1S(=O)(=O)Nc1c(C)ccnc1Cl. The molecule has 1 aromatic carbocycles. The second kappa shape index (κ2) is 5.30. The second-order valence-corrected chi connectivity index (χ2v) is 6.43. The third-order valence-electron chi connectivity index (χ3n) is 2.85. The topological polar surface area (TPSA) is 85.1 Å². The largest absolute Gasteiger partial charge is 0.399 e. The van der Waals surface area contributed by atoms with Crippen molar-refractivity contribution in [3.8, 4) is 0 Å². The minimum Gasteiger partial charge on any atom is -0.399 e. The molecule has 0 saturated carbocycles. The van der Waals surface area contributed by atoms with Gasteiger partial charge in [0.1, 0.15) is 0 Å². The average molecular weight is 312 g/mol. The number of aromatic nitrogens is 1. The van der Waals surface area contributed by atoms with Crippen LogP contribution in [0.2, 0.25) is 5.15 Å². The summed E-state index contributed by atoms with van der Waals surface area (Å²) in [4.78, 5) is 3.99. The van der Waals surface area contributed by atoms with Crippen LogP contribution in [0.25, 0.3) is 0 Å². The van der Waals surface area contributed by atoms with Crippen molar-refractivity contribution in [2.45, 2.75) is 18.7 Å². The van der Waals surface area contributed by atoms with Gasteiger partial charge in [0.15, 0.2) is 5.15 Å². The normalized spacial score (nSPS) is 11.3. The monoisotopic (exact) mass is 311 g/mol. The Hall–Kier alpha value is -1.79. The summed E-state index contributed by atoms with van der Waals surface area (Å²) < 4.78 is 27.3. The Morgan fingerprint density at radius 2 is 1.90 bits per heavy atom. The predicted molar refractivity (Wildman–Crippen MR) is 80.4 cm³/mol. The highest BCUT2D eigenvalue weighted by molar-refractivity contribution is 7.92. The molecule has 0 fully saturated rings. The van der Waals surface area contributed by atoms with Gasteiger partial charge in [0, 0.05) is 11.9 Å². The van der Waals surface area contributed by atoms with Crippen LogP contribution < -0.4 is 10.5 Å². The molecule has 0 saturated heterocycles.